The van der Waals surface area contributed by atoms with E-state index in [0.717, 1.165) is 23.2 Å². The molecule has 1 aliphatic rings. The van der Waals surface area contributed by atoms with Gasteiger partial charge in [0.15, 0.2) is 0 Å². The van der Waals surface area contributed by atoms with Crippen molar-refractivity contribution in [2.75, 3.05) is 18.4 Å². The van der Waals surface area contributed by atoms with E-state index in [-0.39, 0.29) is 17.7 Å². The summed E-state index contributed by atoms with van der Waals surface area (Å²) in [5.74, 6) is -0.271. The van der Waals surface area contributed by atoms with E-state index in [9.17, 15) is 9.59 Å². The highest BCUT2D eigenvalue weighted by Crippen LogP contribution is 2.24. The molecule has 1 saturated heterocycles. The summed E-state index contributed by atoms with van der Waals surface area (Å²) in [4.78, 5) is 26.6. The number of benzene rings is 2. The van der Waals surface area contributed by atoms with Crippen molar-refractivity contribution in [3.05, 3.63) is 65.2 Å². The molecule has 25 heavy (non-hydrogen) atoms. The van der Waals surface area contributed by atoms with E-state index in [1.54, 1.807) is 0 Å². The Morgan fingerprint density at radius 1 is 1.08 bits per heavy atom. The number of aryl methyl sites for hydroxylation is 2. The van der Waals surface area contributed by atoms with E-state index >= 15 is 0 Å². The molecule has 1 aliphatic heterocycles. The Balaban J connectivity index is 1.59. The van der Waals surface area contributed by atoms with Gasteiger partial charge in [-0.15, -0.1) is 0 Å². The quantitative estimate of drug-likeness (QED) is 0.910. The van der Waals surface area contributed by atoms with Gasteiger partial charge in [0.25, 0.3) is 0 Å². The first-order valence-corrected chi connectivity index (χ1v) is 8.73. The summed E-state index contributed by atoms with van der Waals surface area (Å²) >= 11 is 0. The molecule has 0 spiro atoms. The standard InChI is InChI=1S/C21H24N2O2/c1-15-7-6-8-16(2)20(15)22-21(25)18-13-19(24)23(14-18)12-11-17-9-4-3-5-10-17/h3-10,18H,11-14H2,1-2H3,(H,22,25). The van der Waals surface area contributed by atoms with Crippen molar-refractivity contribution in [1.82, 2.24) is 4.90 Å². The first-order valence-electron chi connectivity index (χ1n) is 8.73. The molecular weight excluding hydrogens is 312 g/mol. The second-order valence-electron chi connectivity index (χ2n) is 6.73. The van der Waals surface area contributed by atoms with Gasteiger partial charge in [-0.05, 0) is 37.0 Å². The van der Waals surface area contributed by atoms with Crippen molar-refractivity contribution in [2.24, 2.45) is 5.92 Å². The van der Waals surface area contributed by atoms with E-state index in [4.69, 9.17) is 0 Å². The van der Waals surface area contributed by atoms with Crippen molar-refractivity contribution in [3.63, 3.8) is 0 Å². The summed E-state index contributed by atoms with van der Waals surface area (Å²) in [5, 5.41) is 3.02. The summed E-state index contributed by atoms with van der Waals surface area (Å²) < 4.78 is 0. The third-order valence-electron chi connectivity index (χ3n) is 4.83. The van der Waals surface area contributed by atoms with E-state index < -0.39 is 0 Å². The van der Waals surface area contributed by atoms with E-state index in [0.29, 0.717) is 19.5 Å². The average Bonchev–Trinajstić information content (AvgIpc) is 2.98. The zero-order valence-electron chi connectivity index (χ0n) is 14.8. The predicted octanol–water partition coefficient (Wildman–Crippen LogP) is 3.33. The molecule has 0 radical (unpaired) electrons. The summed E-state index contributed by atoms with van der Waals surface area (Å²) in [6.45, 7) is 5.13. The summed E-state index contributed by atoms with van der Waals surface area (Å²) in [6, 6.07) is 16.0. The minimum absolute atomic E-state index is 0.0621. The molecular formula is C21H24N2O2. The Kier molecular flexibility index (Phi) is 5.17. The lowest BCUT2D eigenvalue weighted by molar-refractivity contribution is -0.128. The molecule has 0 bridgehead atoms. The number of hydrogen-bond acceptors (Lipinski definition) is 2. The number of carbonyl (C=O) groups is 2. The van der Waals surface area contributed by atoms with Crippen LogP contribution in [0.25, 0.3) is 0 Å². The van der Waals surface area contributed by atoms with Crippen LogP contribution >= 0.6 is 0 Å². The van der Waals surface area contributed by atoms with Gasteiger partial charge in [0.2, 0.25) is 11.8 Å². The van der Waals surface area contributed by atoms with Gasteiger partial charge in [-0.3, -0.25) is 9.59 Å². The predicted molar refractivity (Wildman–Crippen MR) is 99.4 cm³/mol. The zero-order valence-corrected chi connectivity index (χ0v) is 14.8. The molecule has 1 heterocycles. The zero-order chi connectivity index (χ0) is 17.8. The third kappa shape index (κ3) is 4.08. The van der Waals surface area contributed by atoms with Crippen molar-refractivity contribution < 1.29 is 9.59 Å². The first-order chi connectivity index (χ1) is 12.0. The molecule has 2 amide bonds. The van der Waals surface area contributed by atoms with Crippen LogP contribution in [0.15, 0.2) is 48.5 Å². The Labute approximate surface area is 148 Å². The number of likely N-dealkylation sites (tertiary alicyclic amines) is 1. The molecule has 3 rings (SSSR count). The number of amides is 2. The first kappa shape index (κ1) is 17.2. The maximum Gasteiger partial charge on any atom is 0.229 e. The Morgan fingerprint density at radius 3 is 2.44 bits per heavy atom. The smallest absolute Gasteiger partial charge is 0.229 e. The Hall–Kier alpha value is -2.62. The Bertz CT molecular complexity index is 750. The fraction of sp³-hybridized carbons (Fsp3) is 0.333. The second-order valence-corrected chi connectivity index (χ2v) is 6.73. The van der Waals surface area contributed by atoms with E-state index in [1.165, 1.54) is 5.56 Å². The minimum Gasteiger partial charge on any atom is -0.342 e. The number of nitrogens with one attached hydrogen (secondary N) is 1. The number of hydrogen-bond donors (Lipinski definition) is 1. The largest absolute Gasteiger partial charge is 0.342 e. The monoisotopic (exact) mass is 336 g/mol. The summed E-state index contributed by atoms with van der Waals surface area (Å²) in [7, 11) is 0. The molecule has 130 valence electrons. The topological polar surface area (TPSA) is 49.4 Å². The van der Waals surface area contributed by atoms with Crippen LogP contribution < -0.4 is 5.32 Å². The molecule has 0 aliphatic carbocycles. The van der Waals surface area contributed by atoms with Crippen LogP contribution in [0.4, 0.5) is 5.69 Å². The molecule has 1 unspecified atom stereocenters. The van der Waals surface area contributed by atoms with Crippen molar-refractivity contribution in [1.29, 1.82) is 0 Å². The maximum absolute atomic E-state index is 12.6. The number of rotatable bonds is 5. The lowest BCUT2D eigenvalue weighted by Gasteiger charge is -2.17. The fourth-order valence-corrected chi connectivity index (χ4v) is 3.31. The summed E-state index contributed by atoms with van der Waals surface area (Å²) in [6.07, 6.45) is 1.11. The van der Waals surface area contributed by atoms with Crippen molar-refractivity contribution in [3.8, 4) is 0 Å². The number of carbonyl (C=O) groups excluding carboxylic acids is 2. The van der Waals surface area contributed by atoms with Gasteiger partial charge in [0.1, 0.15) is 0 Å². The van der Waals surface area contributed by atoms with Crippen LogP contribution in [0.2, 0.25) is 0 Å². The number of nitrogens with zero attached hydrogens (tertiary/aromatic N) is 1. The molecule has 2 aromatic rings. The van der Waals surface area contributed by atoms with Crippen LogP contribution in [-0.2, 0) is 16.0 Å². The molecule has 1 atom stereocenters. The van der Waals surface area contributed by atoms with Crippen LogP contribution in [0.5, 0.6) is 0 Å². The van der Waals surface area contributed by atoms with Crippen molar-refractivity contribution in [2.45, 2.75) is 26.7 Å². The van der Waals surface area contributed by atoms with Gasteiger partial charge in [-0.1, -0.05) is 48.5 Å². The molecule has 0 saturated carbocycles. The highest BCUT2D eigenvalue weighted by Gasteiger charge is 2.34. The second kappa shape index (κ2) is 7.51. The highest BCUT2D eigenvalue weighted by molar-refractivity contribution is 5.98. The SMILES string of the molecule is Cc1cccc(C)c1NC(=O)C1CC(=O)N(CCc2ccccc2)C1. The van der Waals surface area contributed by atoms with Crippen LogP contribution in [0.1, 0.15) is 23.1 Å². The third-order valence-corrected chi connectivity index (χ3v) is 4.83. The lowest BCUT2D eigenvalue weighted by Crippen LogP contribution is -2.30. The van der Waals surface area contributed by atoms with Crippen LogP contribution in [0, 0.1) is 19.8 Å². The van der Waals surface area contributed by atoms with Gasteiger partial charge in [0.05, 0.1) is 5.92 Å². The van der Waals surface area contributed by atoms with E-state index in [2.05, 4.69) is 17.4 Å². The van der Waals surface area contributed by atoms with Gasteiger partial charge >= 0.3 is 0 Å². The Morgan fingerprint density at radius 2 is 1.76 bits per heavy atom. The molecule has 4 nitrogen and oxygen atoms in total. The highest BCUT2D eigenvalue weighted by atomic mass is 16.2. The minimum atomic E-state index is -0.276. The fourth-order valence-electron chi connectivity index (χ4n) is 3.31. The van der Waals surface area contributed by atoms with Gasteiger partial charge < -0.3 is 10.2 Å². The molecule has 2 aromatic carbocycles. The number of anilines is 1. The summed E-state index contributed by atoms with van der Waals surface area (Å²) in [5.41, 5.74) is 4.15. The van der Waals surface area contributed by atoms with Crippen LogP contribution in [0.3, 0.4) is 0 Å². The number of para-hydroxylation sites is 1. The average molecular weight is 336 g/mol. The lowest BCUT2D eigenvalue weighted by atomic mass is 10.1. The molecule has 1 N–H and O–H groups in total. The van der Waals surface area contributed by atoms with Gasteiger partial charge in [0, 0.05) is 25.2 Å². The molecule has 0 aromatic heterocycles. The van der Waals surface area contributed by atoms with E-state index in [1.807, 2.05) is 55.1 Å². The normalized spacial score (nSPS) is 17.0. The molecule has 1 fully saturated rings. The maximum atomic E-state index is 12.6. The van der Waals surface area contributed by atoms with Crippen LogP contribution in [-0.4, -0.2) is 29.8 Å². The van der Waals surface area contributed by atoms with Crippen molar-refractivity contribution >= 4 is 17.5 Å². The van der Waals surface area contributed by atoms with Gasteiger partial charge in [-0.2, -0.15) is 0 Å². The molecule has 4 heteroatoms. The van der Waals surface area contributed by atoms with Gasteiger partial charge in [-0.25, -0.2) is 0 Å².